The molecule has 0 radical (unpaired) electrons. The van der Waals surface area contributed by atoms with Crippen LogP contribution in [0.15, 0.2) is 72.9 Å². The summed E-state index contributed by atoms with van der Waals surface area (Å²) >= 11 is 4.14. The van der Waals surface area contributed by atoms with Crippen LogP contribution in [0.2, 0.25) is 0 Å². The molecule has 1 fully saturated rings. The Bertz CT molecular complexity index is 1620. The SMILES string of the molecule is COc1cc2c(Oc3ccc(N(S)C(=O)NC(=O)Cc4ccccc4)cc3F)ccnc2cc1OCC(O)CN1CCCC1. The van der Waals surface area contributed by atoms with Crippen LogP contribution in [0.1, 0.15) is 18.4 Å². The number of ether oxygens (including phenoxy) is 3. The van der Waals surface area contributed by atoms with Gasteiger partial charge < -0.3 is 24.2 Å². The van der Waals surface area contributed by atoms with Crippen LogP contribution in [0.5, 0.6) is 23.0 Å². The maximum Gasteiger partial charge on any atom is 0.338 e. The summed E-state index contributed by atoms with van der Waals surface area (Å²) in [5.41, 5.74) is 1.36. The van der Waals surface area contributed by atoms with Crippen LogP contribution in [0.25, 0.3) is 10.9 Å². The fourth-order valence-corrected chi connectivity index (χ4v) is 5.10. The lowest BCUT2D eigenvalue weighted by Gasteiger charge is -2.20. The average molecular weight is 621 g/mol. The molecule has 3 amide bonds. The molecule has 0 spiro atoms. The smallest absolute Gasteiger partial charge is 0.338 e. The molecule has 2 N–H and O–H groups in total. The van der Waals surface area contributed by atoms with E-state index in [9.17, 15) is 14.7 Å². The van der Waals surface area contributed by atoms with Gasteiger partial charge in [-0.15, -0.1) is 0 Å². The summed E-state index contributed by atoms with van der Waals surface area (Å²) in [4.78, 5) is 31.4. The van der Waals surface area contributed by atoms with Gasteiger partial charge in [0.15, 0.2) is 23.1 Å². The van der Waals surface area contributed by atoms with E-state index in [0.29, 0.717) is 34.7 Å². The Hall–Kier alpha value is -4.39. The normalized spacial score (nSPS) is 13.8. The number of aliphatic hydroxyl groups excluding tert-OH is 1. The van der Waals surface area contributed by atoms with Crippen LogP contribution in [-0.2, 0) is 11.2 Å². The number of rotatable bonds is 11. The number of amides is 3. The lowest BCUT2D eigenvalue weighted by molar-refractivity contribution is -0.119. The van der Waals surface area contributed by atoms with Crippen molar-refractivity contribution in [3.8, 4) is 23.0 Å². The molecule has 4 aromatic rings. The molecule has 1 aliphatic rings. The molecule has 0 aliphatic carbocycles. The third kappa shape index (κ3) is 7.76. The molecular formula is C32H33FN4O6S. The number of thiol groups is 1. The molecule has 1 unspecified atom stereocenters. The molecule has 1 atom stereocenters. The second-order valence-corrected chi connectivity index (χ2v) is 10.7. The number of benzene rings is 3. The molecule has 10 nitrogen and oxygen atoms in total. The second-order valence-electron chi connectivity index (χ2n) is 10.3. The monoisotopic (exact) mass is 620 g/mol. The van der Waals surface area contributed by atoms with Crippen molar-refractivity contribution in [2.24, 2.45) is 0 Å². The Labute approximate surface area is 259 Å². The molecule has 0 saturated carbocycles. The Morgan fingerprint density at radius 1 is 1.05 bits per heavy atom. The summed E-state index contributed by atoms with van der Waals surface area (Å²) < 4.78 is 33.3. The summed E-state index contributed by atoms with van der Waals surface area (Å²) in [5, 5.41) is 13.2. The number of nitrogens with one attached hydrogen (secondary N) is 1. The lowest BCUT2D eigenvalue weighted by atomic mass is 10.1. The number of aromatic nitrogens is 1. The van der Waals surface area contributed by atoms with Gasteiger partial charge >= 0.3 is 6.03 Å². The van der Waals surface area contributed by atoms with Gasteiger partial charge in [0.1, 0.15) is 18.5 Å². The number of carbonyl (C=O) groups is 2. The number of aliphatic hydroxyl groups is 1. The number of nitrogens with zero attached hydrogens (tertiary/aromatic N) is 3. The van der Waals surface area contributed by atoms with Crippen LogP contribution in [-0.4, -0.2) is 66.4 Å². The highest BCUT2D eigenvalue weighted by Crippen LogP contribution is 2.38. The third-order valence-electron chi connectivity index (χ3n) is 7.11. The molecule has 44 heavy (non-hydrogen) atoms. The van der Waals surface area contributed by atoms with Gasteiger partial charge in [0, 0.05) is 30.3 Å². The largest absolute Gasteiger partial charge is 0.493 e. The Morgan fingerprint density at radius 2 is 1.82 bits per heavy atom. The maximum atomic E-state index is 15.2. The van der Waals surface area contributed by atoms with E-state index in [1.807, 2.05) is 6.07 Å². The first-order chi connectivity index (χ1) is 21.3. The molecule has 3 aromatic carbocycles. The van der Waals surface area contributed by atoms with E-state index in [1.165, 1.54) is 25.4 Å². The molecule has 1 saturated heterocycles. The number of methoxy groups -OCH3 is 1. The maximum absolute atomic E-state index is 15.2. The van der Waals surface area contributed by atoms with Gasteiger partial charge in [-0.05, 0) is 55.8 Å². The molecule has 230 valence electrons. The minimum absolute atomic E-state index is 0.00826. The van der Waals surface area contributed by atoms with Crippen LogP contribution in [0, 0.1) is 5.82 Å². The molecular weight excluding hydrogens is 587 g/mol. The van der Waals surface area contributed by atoms with E-state index < -0.39 is 23.9 Å². The standard InChI is InChI=1S/C32H33FN4O6S/c1-41-29-17-24-26(18-30(29)42-20-23(38)19-36-13-5-6-14-36)34-12-11-27(24)43-28-10-9-22(16-25(28)33)37(44)32(40)35-31(39)15-21-7-3-2-4-8-21/h2-4,7-12,16-18,23,38,44H,5-6,13-15,19-20H2,1H3,(H,35,39,40). The zero-order valence-corrected chi connectivity index (χ0v) is 25.0. The number of halogens is 1. The second kappa shape index (κ2) is 14.4. The van der Waals surface area contributed by atoms with Gasteiger partial charge in [-0.3, -0.25) is 15.1 Å². The molecule has 0 bridgehead atoms. The minimum Gasteiger partial charge on any atom is -0.493 e. The Balaban J connectivity index is 1.25. The quantitative estimate of drug-likeness (QED) is 0.198. The average Bonchev–Trinajstić information content (AvgIpc) is 3.53. The fraction of sp³-hybridized carbons (Fsp3) is 0.281. The highest BCUT2D eigenvalue weighted by molar-refractivity contribution is 7.82. The molecule has 2 heterocycles. The third-order valence-corrected chi connectivity index (χ3v) is 7.52. The molecule has 12 heteroatoms. The van der Waals surface area contributed by atoms with Crippen molar-refractivity contribution < 1.29 is 33.3 Å². The van der Waals surface area contributed by atoms with E-state index >= 15 is 4.39 Å². The van der Waals surface area contributed by atoms with Crippen LogP contribution in [0.4, 0.5) is 14.9 Å². The number of fused-ring (bicyclic) bond motifs is 1. The zero-order valence-electron chi connectivity index (χ0n) is 24.1. The zero-order chi connectivity index (χ0) is 31.1. The minimum atomic E-state index is -0.823. The van der Waals surface area contributed by atoms with Crippen molar-refractivity contribution >= 4 is 41.3 Å². The Morgan fingerprint density at radius 3 is 2.55 bits per heavy atom. The molecule has 1 aromatic heterocycles. The van der Waals surface area contributed by atoms with Crippen molar-refractivity contribution in [1.29, 1.82) is 0 Å². The van der Waals surface area contributed by atoms with Gasteiger partial charge in [0.05, 0.1) is 24.7 Å². The van der Waals surface area contributed by atoms with Crippen LogP contribution >= 0.6 is 12.8 Å². The van der Waals surface area contributed by atoms with Gasteiger partial charge in [-0.25, -0.2) is 13.5 Å². The van der Waals surface area contributed by atoms with Crippen LogP contribution < -0.4 is 23.8 Å². The first-order valence-corrected chi connectivity index (χ1v) is 14.5. The van der Waals surface area contributed by atoms with Crippen molar-refractivity contribution in [2.45, 2.75) is 25.4 Å². The number of urea groups is 1. The number of likely N-dealkylation sites (tertiary alicyclic amines) is 1. The number of imide groups is 1. The predicted molar refractivity (Wildman–Crippen MR) is 167 cm³/mol. The van der Waals surface area contributed by atoms with Crippen molar-refractivity contribution in [1.82, 2.24) is 15.2 Å². The van der Waals surface area contributed by atoms with Crippen LogP contribution in [0.3, 0.4) is 0 Å². The van der Waals surface area contributed by atoms with Gasteiger partial charge in [0.25, 0.3) is 0 Å². The fourth-order valence-electron chi connectivity index (χ4n) is 4.93. The van der Waals surface area contributed by atoms with E-state index in [-0.39, 0.29) is 24.5 Å². The van der Waals surface area contributed by atoms with Gasteiger partial charge in [-0.1, -0.05) is 43.1 Å². The summed E-state index contributed by atoms with van der Waals surface area (Å²) in [6.07, 6.45) is 3.15. The topological polar surface area (TPSA) is 113 Å². The van der Waals surface area contributed by atoms with E-state index in [4.69, 9.17) is 14.2 Å². The van der Waals surface area contributed by atoms with E-state index in [0.717, 1.165) is 41.9 Å². The lowest BCUT2D eigenvalue weighted by Crippen LogP contribution is -2.39. The Kier molecular flexibility index (Phi) is 10.2. The first-order valence-electron chi connectivity index (χ1n) is 14.1. The van der Waals surface area contributed by atoms with Crippen molar-refractivity contribution in [2.75, 3.05) is 37.7 Å². The number of hydrogen-bond donors (Lipinski definition) is 3. The van der Waals surface area contributed by atoms with Crippen molar-refractivity contribution in [3.05, 3.63) is 84.3 Å². The van der Waals surface area contributed by atoms with E-state index in [1.54, 1.807) is 42.5 Å². The predicted octanol–water partition coefficient (Wildman–Crippen LogP) is 5.14. The highest BCUT2D eigenvalue weighted by atomic mass is 32.1. The first kappa shape index (κ1) is 31.0. The number of β-amino-alcohol motifs (C(OH)–C–C–N with tert-alkyl or cyclic N) is 1. The highest BCUT2D eigenvalue weighted by Gasteiger charge is 2.20. The number of anilines is 1. The summed E-state index contributed by atoms with van der Waals surface area (Å²) in [5.74, 6) is -0.255. The van der Waals surface area contributed by atoms with Gasteiger partial charge in [0.2, 0.25) is 5.91 Å². The molecule has 5 rings (SSSR count). The number of pyridine rings is 1. The number of hydrogen-bond acceptors (Lipinski definition) is 9. The summed E-state index contributed by atoms with van der Waals surface area (Å²) in [6, 6.07) is 17.0. The van der Waals surface area contributed by atoms with E-state index in [2.05, 4.69) is 28.0 Å². The summed E-state index contributed by atoms with van der Waals surface area (Å²) in [7, 11) is 1.50. The van der Waals surface area contributed by atoms with Crippen molar-refractivity contribution in [3.63, 3.8) is 0 Å². The summed E-state index contributed by atoms with van der Waals surface area (Å²) in [6.45, 7) is 2.58. The van der Waals surface area contributed by atoms with Gasteiger partial charge in [-0.2, -0.15) is 0 Å². The molecule has 1 aliphatic heterocycles. The number of carbonyl (C=O) groups excluding carboxylic acids is 2.